The maximum absolute atomic E-state index is 13.1. The van der Waals surface area contributed by atoms with E-state index in [4.69, 9.17) is 37.0 Å². The Morgan fingerprint density at radius 1 is 0.293 bits per heavy atom. The number of rotatable bonds is 79. The molecule has 0 fully saturated rings. The van der Waals surface area contributed by atoms with Crippen molar-refractivity contribution in [1.82, 2.24) is 0 Å². The monoisotopic (exact) mass is 1450 g/mol. The Hall–Kier alpha value is -1.94. The zero-order valence-electron chi connectivity index (χ0n) is 64.8. The topological polar surface area (TPSA) is 237 Å². The van der Waals surface area contributed by atoms with Crippen LogP contribution >= 0.6 is 15.6 Å². The van der Waals surface area contributed by atoms with Gasteiger partial charge in [-0.1, -0.05) is 369 Å². The summed E-state index contributed by atoms with van der Waals surface area (Å²) in [5.74, 6) is -0.550. The molecule has 0 saturated heterocycles. The second kappa shape index (κ2) is 71.7. The maximum Gasteiger partial charge on any atom is 0.472 e. The molecule has 0 heterocycles. The smallest absolute Gasteiger partial charge is 0.462 e. The van der Waals surface area contributed by atoms with Gasteiger partial charge in [-0.05, 0) is 37.5 Å². The molecular weight excluding hydrogens is 1290 g/mol. The van der Waals surface area contributed by atoms with Gasteiger partial charge < -0.3 is 33.8 Å². The van der Waals surface area contributed by atoms with Crippen molar-refractivity contribution in [2.75, 3.05) is 39.6 Å². The van der Waals surface area contributed by atoms with Gasteiger partial charge in [0.2, 0.25) is 0 Å². The van der Waals surface area contributed by atoms with Crippen LogP contribution < -0.4 is 0 Å². The van der Waals surface area contributed by atoms with E-state index in [1.807, 2.05) is 0 Å². The molecule has 0 aromatic rings. The third kappa shape index (κ3) is 72.8. The van der Waals surface area contributed by atoms with E-state index in [-0.39, 0.29) is 25.7 Å². The van der Waals surface area contributed by atoms with E-state index in [0.717, 1.165) is 102 Å². The molecule has 0 bridgehead atoms. The van der Waals surface area contributed by atoms with Gasteiger partial charge in [0.1, 0.15) is 19.3 Å². The largest absolute Gasteiger partial charge is 0.472 e. The van der Waals surface area contributed by atoms with Crippen molar-refractivity contribution in [2.24, 2.45) is 11.8 Å². The van der Waals surface area contributed by atoms with Gasteiger partial charge in [-0.15, -0.1) is 0 Å². The van der Waals surface area contributed by atoms with E-state index in [2.05, 4.69) is 41.5 Å². The van der Waals surface area contributed by atoms with Crippen molar-refractivity contribution in [1.29, 1.82) is 0 Å². The van der Waals surface area contributed by atoms with Crippen molar-refractivity contribution in [3.05, 3.63) is 0 Å². The second-order valence-electron chi connectivity index (χ2n) is 29.5. The molecule has 0 saturated carbocycles. The number of ether oxygens (including phenoxy) is 4. The van der Waals surface area contributed by atoms with Gasteiger partial charge in [-0.3, -0.25) is 37.3 Å². The van der Waals surface area contributed by atoms with Crippen LogP contribution in [0.5, 0.6) is 0 Å². The standard InChI is InChI=1S/C80H156O17P2/c1-7-10-12-14-16-18-20-21-22-23-24-25-26-27-28-29-30-31-40-46-52-58-64-79(84)96-76(69-91-78(83)63-57-51-45-39-35-33-37-43-49-55-61-73(6)9-3)71-95-99(88,89)93-67-74(81)66-92-98(86,87)94-70-75(68-90-77(82)62-56-50-44-38-19-17-15-13-11-8-2)97-80(85)65-59-53-47-41-34-32-36-42-48-54-60-72(4)5/h72-76,81H,7-71H2,1-6H3,(H,86,87)(H,88,89)/t73?,74-,75+,76+/m0/s1. The molecule has 0 amide bonds. The Morgan fingerprint density at radius 2 is 0.515 bits per heavy atom. The summed E-state index contributed by atoms with van der Waals surface area (Å²) in [4.78, 5) is 72.9. The lowest BCUT2D eigenvalue weighted by Gasteiger charge is -2.21. The summed E-state index contributed by atoms with van der Waals surface area (Å²) >= 11 is 0. The second-order valence-corrected chi connectivity index (χ2v) is 32.4. The van der Waals surface area contributed by atoms with Crippen LogP contribution in [0.1, 0.15) is 420 Å². The molecule has 0 aliphatic rings. The third-order valence-electron chi connectivity index (χ3n) is 19.1. The fourth-order valence-corrected chi connectivity index (χ4v) is 13.9. The van der Waals surface area contributed by atoms with Crippen molar-refractivity contribution >= 4 is 39.5 Å². The van der Waals surface area contributed by atoms with Crippen LogP contribution in [0.25, 0.3) is 0 Å². The van der Waals surface area contributed by atoms with Crippen LogP contribution in [0, 0.1) is 11.8 Å². The number of unbranched alkanes of at least 4 members (excludes halogenated alkanes) is 48. The molecule has 588 valence electrons. The molecule has 0 spiro atoms. The average Bonchev–Trinajstić information content (AvgIpc) is 1.19. The number of esters is 4. The predicted molar refractivity (Wildman–Crippen MR) is 405 cm³/mol. The van der Waals surface area contributed by atoms with Gasteiger partial charge in [0, 0.05) is 25.7 Å². The molecule has 0 aromatic carbocycles. The molecule has 3 N–H and O–H groups in total. The molecule has 6 atom stereocenters. The van der Waals surface area contributed by atoms with Crippen LogP contribution in [0.2, 0.25) is 0 Å². The van der Waals surface area contributed by atoms with E-state index >= 15 is 0 Å². The Bertz CT molecular complexity index is 1910. The minimum Gasteiger partial charge on any atom is -0.462 e. The highest BCUT2D eigenvalue weighted by Crippen LogP contribution is 2.45. The highest BCUT2D eigenvalue weighted by Gasteiger charge is 2.30. The Kier molecular flexibility index (Phi) is 70.3. The minimum atomic E-state index is -4.96. The first kappa shape index (κ1) is 97.1. The first-order valence-electron chi connectivity index (χ1n) is 41.5. The molecule has 99 heavy (non-hydrogen) atoms. The SMILES string of the molecule is CCCCCCCCCCCCCCCCCCCCCCCCC(=O)O[C@H](COC(=O)CCCCCCCCCCCCC(C)CC)COP(=O)(O)OC[C@@H](O)COP(=O)(O)OC[C@@H](COC(=O)CCCCCCCCCCCC)OC(=O)CCCCCCCCCCCCC(C)C. The number of carbonyl (C=O) groups excluding carboxylic acids is 4. The lowest BCUT2D eigenvalue weighted by Crippen LogP contribution is -2.30. The van der Waals surface area contributed by atoms with Gasteiger partial charge in [-0.2, -0.15) is 0 Å². The fourth-order valence-electron chi connectivity index (χ4n) is 12.3. The van der Waals surface area contributed by atoms with Crippen molar-refractivity contribution in [2.45, 2.75) is 439 Å². The number of carbonyl (C=O) groups is 4. The lowest BCUT2D eigenvalue weighted by atomic mass is 9.99. The van der Waals surface area contributed by atoms with E-state index in [1.165, 1.54) is 238 Å². The van der Waals surface area contributed by atoms with Gasteiger partial charge in [-0.25, -0.2) is 9.13 Å². The van der Waals surface area contributed by atoms with Gasteiger partial charge in [0.15, 0.2) is 12.2 Å². The van der Waals surface area contributed by atoms with Gasteiger partial charge >= 0.3 is 39.5 Å². The summed E-state index contributed by atoms with van der Waals surface area (Å²) in [5, 5.41) is 10.6. The van der Waals surface area contributed by atoms with Crippen molar-refractivity contribution in [3.8, 4) is 0 Å². The molecule has 19 heteroatoms. The molecule has 0 aromatic heterocycles. The molecule has 17 nitrogen and oxygen atoms in total. The number of hydrogen-bond acceptors (Lipinski definition) is 15. The van der Waals surface area contributed by atoms with Crippen LogP contribution in [0.15, 0.2) is 0 Å². The molecule has 0 rings (SSSR count). The molecular formula is C80H156O17P2. The molecule has 0 aliphatic carbocycles. The number of hydrogen-bond donors (Lipinski definition) is 3. The summed E-state index contributed by atoms with van der Waals surface area (Å²) in [7, 11) is -9.92. The van der Waals surface area contributed by atoms with Gasteiger partial charge in [0.05, 0.1) is 26.4 Å². The van der Waals surface area contributed by atoms with E-state index in [0.29, 0.717) is 25.7 Å². The molecule has 0 radical (unpaired) electrons. The Labute approximate surface area is 607 Å². The van der Waals surface area contributed by atoms with Crippen molar-refractivity contribution < 1.29 is 80.2 Å². The summed E-state index contributed by atoms with van der Waals surface area (Å²) in [6.07, 6.45) is 61.1. The lowest BCUT2D eigenvalue weighted by molar-refractivity contribution is -0.161. The number of aliphatic hydroxyl groups is 1. The molecule has 3 unspecified atom stereocenters. The van der Waals surface area contributed by atoms with Crippen LogP contribution in [-0.2, 0) is 65.4 Å². The third-order valence-corrected chi connectivity index (χ3v) is 21.0. The summed E-state index contributed by atoms with van der Waals surface area (Å²) in [6, 6.07) is 0. The highest BCUT2D eigenvalue weighted by atomic mass is 31.2. The van der Waals surface area contributed by atoms with Crippen molar-refractivity contribution in [3.63, 3.8) is 0 Å². The van der Waals surface area contributed by atoms with E-state index in [9.17, 15) is 43.2 Å². The maximum atomic E-state index is 13.1. The fraction of sp³-hybridized carbons (Fsp3) is 0.950. The number of aliphatic hydroxyl groups excluding tert-OH is 1. The number of phosphoric acid groups is 2. The summed E-state index contributed by atoms with van der Waals surface area (Å²) in [5.41, 5.74) is 0. The van der Waals surface area contributed by atoms with Crippen LogP contribution in [0.4, 0.5) is 0 Å². The van der Waals surface area contributed by atoms with E-state index < -0.39 is 97.5 Å². The normalized spacial score (nSPS) is 14.2. The Balaban J connectivity index is 5.20. The first-order valence-corrected chi connectivity index (χ1v) is 44.5. The zero-order chi connectivity index (χ0) is 72.8. The quantitative estimate of drug-likeness (QED) is 0.0222. The summed E-state index contributed by atoms with van der Waals surface area (Å²) < 4.78 is 68.6. The predicted octanol–water partition coefficient (Wildman–Crippen LogP) is 23.9. The van der Waals surface area contributed by atoms with Gasteiger partial charge in [0.25, 0.3) is 0 Å². The van der Waals surface area contributed by atoms with Crippen LogP contribution in [-0.4, -0.2) is 96.7 Å². The minimum absolute atomic E-state index is 0.106. The highest BCUT2D eigenvalue weighted by molar-refractivity contribution is 7.47. The van der Waals surface area contributed by atoms with Crippen LogP contribution in [0.3, 0.4) is 0 Å². The summed E-state index contributed by atoms with van der Waals surface area (Å²) in [6.45, 7) is 9.63. The van der Waals surface area contributed by atoms with E-state index in [1.54, 1.807) is 0 Å². The molecule has 0 aliphatic heterocycles. The zero-order valence-corrected chi connectivity index (χ0v) is 66.6. The average molecular weight is 1450 g/mol. The first-order chi connectivity index (χ1) is 47.9. The number of phosphoric ester groups is 2. The Morgan fingerprint density at radius 3 is 0.768 bits per heavy atom.